The molecule has 0 unspecified atom stereocenters. The van der Waals surface area contributed by atoms with Gasteiger partial charge in [-0.25, -0.2) is 0 Å². The molecule has 0 aliphatic heterocycles. The van der Waals surface area contributed by atoms with Crippen LogP contribution >= 0.6 is 0 Å². The van der Waals surface area contributed by atoms with E-state index in [1.54, 1.807) is 21.3 Å². The van der Waals surface area contributed by atoms with Crippen molar-refractivity contribution in [2.24, 2.45) is 0 Å². The first-order chi connectivity index (χ1) is 6.60. The van der Waals surface area contributed by atoms with E-state index in [1.807, 2.05) is 14.1 Å². The van der Waals surface area contributed by atoms with Gasteiger partial charge < -0.3 is 23.5 Å². The average molecular weight is 222 g/mol. The lowest BCUT2D eigenvalue weighted by molar-refractivity contribution is 0.122. The molecule has 0 radical (unpaired) electrons. The van der Waals surface area contributed by atoms with Crippen LogP contribution < -0.4 is 5.32 Å². The molecule has 0 amide bonds. The summed E-state index contributed by atoms with van der Waals surface area (Å²) in [6, 6.07) is 0. The van der Waals surface area contributed by atoms with Crippen LogP contribution in [-0.4, -0.2) is 68.4 Å². The monoisotopic (exact) mass is 222 g/mol. The minimum atomic E-state index is -2.42. The number of hydrogen-bond donors (Lipinski definition) is 1. The van der Waals surface area contributed by atoms with Crippen LogP contribution in [0.3, 0.4) is 0 Å². The molecule has 0 aromatic heterocycles. The molecule has 6 heteroatoms. The topological polar surface area (TPSA) is 43.0 Å². The fourth-order valence-corrected chi connectivity index (χ4v) is 2.43. The summed E-state index contributed by atoms with van der Waals surface area (Å²) in [5.41, 5.74) is 0. The Hall–Kier alpha value is 0.0169. The number of rotatable bonds is 8. The van der Waals surface area contributed by atoms with E-state index < -0.39 is 8.80 Å². The van der Waals surface area contributed by atoms with Crippen molar-refractivity contribution in [3.05, 3.63) is 0 Å². The largest absolute Gasteiger partial charge is 0.514 e. The smallest absolute Gasteiger partial charge is 0.376 e. The summed E-state index contributed by atoms with van der Waals surface area (Å²) in [4.78, 5) is 2.11. The van der Waals surface area contributed by atoms with Gasteiger partial charge in [0.2, 0.25) is 0 Å². The van der Waals surface area contributed by atoms with E-state index in [0.29, 0.717) is 6.17 Å². The van der Waals surface area contributed by atoms with Crippen LogP contribution in [-0.2, 0) is 13.3 Å². The normalized spacial score (nSPS) is 12.4. The standard InChI is InChI=1S/C8H22N2O3Si/c1-10(2)7-6-9-8-14(11-3,12-4)13-5/h9H,6-8H2,1-5H3. The molecule has 0 fully saturated rings. The minimum Gasteiger partial charge on any atom is -0.376 e. The SMILES string of the molecule is CO[Si](CNCCN(C)C)(OC)OC. The fourth-order valence-electron chi connectivity index (χ4n) is 1.01. The van der Waals surface area contributed by atoms with Gasteiger partial charge in [-0.1, -0.05) is 0 Å². The molecule has 0 saturated heterocycles. The molecular weight excluding hydrogens is 200 g/mol. The molecule has 0 atom stereocenters. The van der Waals surface area contributed by atoms with Gasteiger partial charge >= 0.3 is 8.80 Å². The third-order valence-electron chi connectivity index (χ3n) is 2.01. The Kier molecular flexibility index (Phi) is 7.34. The lowest BCUT2D eigenvalue weighted by Gasteiger charge is -2.24. The summed E-state index contributed by atoms with van der Waals surface area (Å²) < 4.78 is 15.8. The summed E-state index contributed by atoms with van der Waals surface area (Å²) >= 11 is 0. The van der Waals surface area contributed by atoms with Gasteiger partial charge in [0.05, 0.1) is 6.17 Å². The number of nitrogens with zero attached hydrogens (tertiary/aromatic N) is 1. The van der Waals surface area contributed by atoms with E-state index in [9.17, 15) is 0 Å². The van der Waals surface area contributed by atoms with E-state index in [4.69, 9.17) is 13.3 Å². The maximum atomic E-state index is 5.26. The molecule has 0 aliphatic rings. The summed E-state index contributed by atoms with van der Waals surface area (Å²) in [6.07, 6.45) is 0.643. The molecule has 0 spiro atoms. The highest BCUT2D eigenvalue weighted by Gasteiger charge is 2.37. The Morgan fingerprint density at radius 1 is 1.07 bits per heavy atom. The van der Waals surface area contributed by atoms with E-state index in [1.165, 1.54) is 0 Å². The lowest BCUT2D eigenvalue weighted by atomic mass is 10.6. The second-order valence-corrected chi connectivity index (χ2v) is 6.22. The molecule has 0 saturated carbocycles. The zero-order valence-corrected chi connectivity index (χ0v) is 10.8. The highest BCUT2D eigenvalue weighted by molar-refractivity contribution is 6.60. The van der Waals surface area contributed by atoms with Crippen molar-refractivity contribution in [2.75, 3.05) is 54.7 Å². The molecule has 0 aromatic rings. The van der Waals surface area contributed by atoms with Gasteiger partial charge in [0, 0.05) is 34.4 Å². The third-order valence-corrected chi connectivity index (χ3v) is 4.56. The Morgan fingerprint density at radius 2 is 1.57 bits per heavy atom. The molecule has 0 bridgehead atoms. The first-order valence-electron chi connectivity index (χ1n) is 4.61. The Labute approximate surface area is 87.7 Å². The van der Waals surface area contributed by atoms with E-state index in [2.05, 4.69) is 10.2 Å². The molecule has 0 rings (SSSR count). The van der Waals surface area contributed by atoms with Crippen molar-refractivity contribution in [1.82, 2.24) is 10.2 Å². The summed E-state index contributed by atoms with van der Waals surface area (Å²) in [5.74, 6) is 0. The van der Waals surface area contributed by atoms with Crippen LogP contribution in [0.2, 0.25) is 0 Å². The molecular formula is C8H22N2O3Si. The summed E-state index contributed by atoms with van der Waals surface area (Å²) in [7, 11) is 6.51. The lowest BCUT2D eigenvalue weighted by Crippen LogP contribution is -2.52. The van der Waals surface area contributed by atoms with Crippen molar-refractivity contribution < 1.29 is 13.3 Å². The van der Waals surface area contributed by atoms with Gasteiger partial charge in [0.1, 0.15) is 0 Å². The highest BCUT2D eigenvalue weighted by atomic mass is 28.4. The molecule has 86 valence electrons. The zero-order chi connectivity index (χ0) is 11.0. The van der Waals surface area contributed by atoms with Gasteiger partial charge in [-0.2, -0.15) is 0 Å². The van der Waals surface area contributed by atoms with Crippen molar-refractivity contribution in [3.8, 4) is 0 Å². The van der Waals surface area contributed by atoms with Crippen LogP contribution in [0.1, 0.15) is 0 Å². The van der Waals surface area contributed by atoms with Gasteiger partial charge in [-0.15, -0.1) is 0 Å². The van der Waals surface area contributed by atoms with Gasteiger partial charge in [0.15, 0.2) is 0 Å². The molecule has 14 heavy (non-hydrogen) atoms. The highest BCUT2D eigenvalue weighted by Crippen LogP contribution is 2.03. The molecule has 0 aliphatic carbocycles. The van der Waals surface area contributed by atoms with Crippen LogP contribution in [0.15, 0.2) is 0 Å². The van der Waals surface area contributed by atoms with E-state index in [0.717, 1.165) is 13.1 Å². The van der Waals surface area contributed by atoms with Crippen LogP contribution in [0.25, 0.3) is 0 Å². The second kappa shape index (κ2) is 7.33. The zero-order valence-electron chi connectivity index (χ0n) is 9.79. The second-order valence-electron chi connectivity index (χ2n) is 3.28. The van der Waals surface area contributed by atoms with Crippen LogP contribution in [0.5, 0.6) is 0 Å². The predicted molar refractivity (Wildman–Crippen MR) is 58.2 cm³/mol. The number of nitrogens with one attached hydrogen (secondary N) is 1. The Morgan fingerprint density at radius 3 is 1.93 bits per heavy atom. The molecule has 5 nitrogen and oxygen atoms in total. The maximum absolute atomic E-state index is 5.26. The Balaban J connectivity index is 3.71. The van der Waals surface area contributed by atoms with Gasteiger partial charge in [-0.05, 0) is 14.1 Å². The van der Waals surface area contributed by atoms with E-state index >= 15 is 0 Å². The summed E-state index contributed by atoms with van der Waals surface area (Å²) in [5, 5.41) is 3.26. The average Bonchev–Trinajstić information content (AvgIpc) is 2.19. The Bertz CT molecular complexity index is 134. The van der Waals surface area contributed by atoms with Crippen molar-refractivity contribution in [2.45, 2.75) is 0 Å². The van der Waals surface area contributed by atoms with Crippen molar-refractivity contribution in [1.29, 1.82) is 0 Å². The van der Waals surface area contributed by atoms with Crippen LogP contribution in [0, 0.1) is 0 Å². The fraction of sp³-hybridized carbons (Fsp3) is 1.00. The molecule has 0 aromatic carbocycles. The number of hydrogen-bond acceptors (Lipinski definition) is 5. The molecule has 0 heterocycles. The first-order valence-corrected chi connectivity index (χ1v) is 6.54. The quantitative estimate of drug-likeness (QED) is 0.445. The van der Waals surface area contributed by atoms with Crippen LogP contribution in [0.4, 0.5) is 0 Å². The van der Waals surface area contributed by atoms with Crippen molar-refractivity contribution in [3.63, 3.8) is 0 Å². The molecule has 1 N–H and O–H groups in total. The predicted octanol–water partition coefficient (Wildman–Crippen LogP) is -0.445. The maximum Gasteiger partial charge on any atom is 0.514 e. The number of likely N-dealkylation sites (N-methyl/N-ethyl adjacent to an activating group) is 1. The van der Waals surface area contributed by atoms with Crippen molar-refractivity contribution >= 4 is 8.80 Å². The van der Waals surface area contributed by atoms with Gasteiger partial charge in [0.25, 0.3) is 0 Å². The minimum absolute atomic E-state index is 0.643. The van der Waals surface area contributed by atoms with E-state index in [-0.39, 0.29) is 0 Å². The summed E-state index contributed by atoms with van der Waals surface area (Å²) in [6.45, 7) is 1.89. The first kappa shape index (κ1) is 14.0. The van der Waals surface area contributed by atoms with Gasteiger partial charge in [-0.3, -0.25) is 0 Å². The third kappa shape index (κ3) is 5.04.